The lowest BCUT2D eigenvalue weighted by Crippen LogP contribution is -2.59. The van der Waals surface area contributed by atoms with Crippen molar-refractivity contribution in [1.82, 2.24) is 41.7 Å². The van der Waals surface area contributed by atoms with E-state index in [1.54, 1.807) is 30.3 Å². The monoisotopic (exact) mass is 706 g/mol. The van der Waals surface area contributed by atoms with Gasteiger partial charge in [0.1, 0.15) is 24.2 Å². The number of aliphatic hydroxyl groups excluding tert-OH is 1. The third kappa shape index (κ3) is 9.31. The van der Waals surface area contributed by atoms with Crippen LogP contribution in [0.5, 0.6) is 0 Å². The Kier molecular flexibility index (Phi) is 12.4. The first-order valence-electron chi connectivity index (χ1n) is 18.0. The maximum Gasteiger partial charge on any atom is 0.255 e. The Bertz CT molecular complexity index is 1570. The molecule has 0 unspecified atom stereocenters. The average Bonchev–Trinajstić information content (AvgIpc) is 3.78. The highest BCUT2D eigenvalue weighted by atomic mass is 16.3. The maximum absolute atomic E-state index is 14.0. The van der Waals surface area contributed by atoms with Gasteiger partial charge >= 0.3 is 0 Å². The second-order valence-corrected chi connectivity index (χ2v) is 14.3. The van der Waals surface area contributed by atoms with E-state index in [9.17, 15) is 33.9 Å². The van der Waals surface area contributed by atoms with Gasteiger partial charge in [-0.3, -0.25) is 33.9 Å². The minimum atomic E-state index is -1.44. The molecule has 6 atom stereocenters. The Balaban J connectivity index is 1.41. The summed E-state index contributed by atoms with van der Waals surface area (Å²) >= 11 is 0. The van der Waals surface area contributed by atoms with E-state index in [0.717, 1.165) is 37.8 Å². The van der Waals surface area contributed by atoms with Crippen molar-refractivity contribution in [2.75, 3.05) is 13.2 Å². The van der Waals surface area contributed by atoms with Gasteiger partial charge in [0.25, 0.3) is 5.91 Å². The Morgan fingerprint density at radius 1 is 0.941 bits per heavy atom. The van der Waals surface area contributed by atoms with Crippen LogP contribution in [0.15, 0.2) is 36.5 Å². The first kappa shape index (κ1) is 37.5. The first-order chi connectivity index (χ1) is 24.4. The van der Waals surface area contributed by atoms with Crippen molar-refractivity contribution in [3.05, 3.63) is 53.3 Å². The van der Waals surface area contributed by atoms with E-state index < -0.39 is 72.4 Å². The molecule has 2 saturated heterocycles. The smallest absolute Gasteiger partial charge is 0.255 e. The highest BCUT2D eigenvalue weighted by Crippen LogP contribution is 2.33. The van der Waals surface area contributed by atoms with E-state index in [-0.39, 0.29) is 43.6 Å². The maximum atomic E-state index is 14.0. The van der Waals surface area contributed by atoms with Crippen molar-refractivity contribution in [2.45, 2.75) is 114 Å². The topological polar surface area (TPSA) is 215 Å². The average molecular weight is 707 g/mol. The van der Waals surface area contributed by atoms with Crippen molar-refractivity contribution in [3.63, 3.8) is 0 Å². The number of fused-ring (bicyclic) bond motifs is 1. The number of nitrogens with zero attached hydrogens (tertiary/aromatic N) is 2. The Hall–Kier alpha value is -4.79. The number of carbonyl (C=O) groups excluding carboxylic acids is 6. The molecule has 1 saturated carbocycles. The number of aromatic nitrogens is 2. The summed E-state index contributed by atoms with van der Waals surface area (Å²) in [5, 5.41) is 31.3. The van der Waals surface area contributed by atoms with Crippen molar-refractivity contribution >= 4 is 35.4 Å². The van der Waals surface area contributed by atoms with Crippen molar-refractivity contribution in [1.29, 1.82) is 0 Å². The molecule has 5 rings (SSSR count). The van der Waals surface area contributed by atoms with Crippen LogP contribution in [0.25, 0.3) is 0 Å². The zero-order chi connectivity index (χ0) is 36.7. The Morgan fingerprint density at radius 2 is 1.67 bits per heavy atom. The van der Waals surface area contributed by atoms with E-state index in [4.69, 9.17) is 0 Å². The quantitative estimate of drug-likeness (QED) is 0.219. The van der Waals surface area contributed by atoms with E-state index >= 15 is 0 Å². The lowest BCUT2D eigenvalue weighted by molar-refractivity contribution is -0.143. The molecular weight excluding hydrogens is 656 g/mol. The second kappa shape index (κ2) is 16.9. The van der Waals surface area contributed by atoms with E-state index in [0.29, 0.717) is 11.1 Å². The molecule has 1 aliphatic carbocycles. The lowest BCUT2D eigenvalue weighted by Gasteiger charge is -2.30. The van der Waals surface area contributed by atoms with E-state index in [1.165, 1.54) is 18.0 Å². The highest BCUT2D eigenvalue weighted by Gasteiger charge is 2.44. The summed E-state index contributed by atoms with van der Waals surface area (Å²) in [5.41, 5.74) is 1.83. The number of nitrogens with one attached hydrogen (secondary N) is 6. The number of rotatable bonds is 7. The summed E-state index contributed by atoms with van der Waals surface area (Å²) in [5.74, 6) is -3.35. The molecule has 1 aromatic carbocycles. The minimum Gasteiger partial charge on any atom is -0.394 e. The molecule has 2 aromatic rings. The molecule has 0 bridgehead atoms. The number of benzene rings is 1. The predicted octanol–water partition coefficient (Wildman–Crippen LogP) is 0.931. The van der Waals surface area contributed by atoms with Gasteiger partial charge in [0.05, 0.1) is 36.5 Å². The largest absolute Gasteiger partial charge is 0.394 e. The van der Waals surface area contributed by atoms with Crippen LogP contribution >= 0.6 is 0 Å². The molecule has 276 valence electrons. The van der Waals surface area contributed by atoms with E-state index in [2.05, 4.69) is 36.8 Å². The summed E-state index contributed by atoms with van der Waals surface area (Å²) < 4.78 is 0. The van der Waals surface area contributed by atoms with Crippen LogP contribution in [0, 0.1) is 5.92 Å². The van der Waals surface area contributed by atoms with Crippen LogP contribution in [-0.4, -0.2) is 99.0 Å². The van der Waals surface area contributed by atoms with Crippen molar-refractivity contribution in [2.24, 2.45) is 5.92 Å². The van der Waals surface area contributed by atoms with Gasteiger partial charge in [-0.05, 0) is 44.1 Å². The van der Waals surface area contributed by atoms with Gasteiger partial charge in [-0.25, -0.2) is 0 Å². The number of hydrogen-bond donors (Lipinski definition) is 7. The molecule has 0 radical (unpaired) electrons. The number of carbonyl (C=O) groups is 6. The molecule has 51 heavy (non-hydrogen) atoms. The van der Waals surface area contributed by atoms with Crippen LogP contribution in [0.1, 0.15) is 106 Å². The van der Waals surface area contributed by atoms with Crippen molar-refractivity contribution in [3.8, 4) is 0 Å². The van der Waals surface area contributed by atoms with Gasteiger partial charge in [-0.1, -0.05) is 63.4 Å². The van der Waals surface area contributed by atoms with Crippen LogP contribution in [0.2, 0.25) is 0 Å². The number of aromatic amines is 1. The number of aliphatic hydroxyl groups is 1. The molecule has 3 heterocycles. The summed E-state index contributed by atoms with van der Waals surface area (Å²) in [4.78, 5) is 83.0. The van der Waals surface area contributed by atoms with Gasteiger partial charge in [-0.15, -0.1) is 0 Å². The molecule has 1 aromatic heterocycles. The van der Waals surface area contributed by atoms with Crippen LogP contribution in [0.4, 0.5) is 0 Å². The fourth-order valence-corrected chi connectivity index (χ4v) is 7.28. The third-order valence-corrected chi connectivity index (χ3v) is 9.96. The van der Waals surface area contributed by atoms with Gasteiger partial charge in [0, 0.05) is 18.5 Å². The molecule has 3 fully saturated rings. The fourth-order valence-electron chi connectivity index (χ4n) is 7.28. The molecule has 15 heteroatoms. The second-order valence-electron chi connectivity index (χ2n) is 14.3. The Morgan fingerprint density at radius 3 is 2.35 bits per heavy atom. The Labute approximate surface area is 297 Å². The zero-order valence-electron chi connectivity index (χ0n) is 29.4. The molecule has 15 nitrogen and oxygen atoms in total. The summed E-state index contributed by atoms with van der Waals surface area (Å²) in [7, 11) is 0. The fraction of sp³-hybridized carbons (Fsp3) is 0.583. The van der Waals surface area contributed by atoms with E-state index in [1.807, 2.05) is 13.8 Å². The molecule has 6 amide bonds. The molecule has 0 spiro atoms. The van der Waals surface area contributed by atoms with Gasteiger partial charge in [0.2, 0.25) is 29.5 Å². The summed E-state index contributed by atoms with van der Waals surface area (Å²) in [6.45, 7) is 4.40. The van der Waals surface area contributed by atoms with Crippen molar-refractivity contribution < 1.29 is 33.9 Å². The molecule has 3 aliphatic rings. The summed E-state index contributed by atoms with van der Waals surface area (Å²) in [6.07, 6.45) is 6.74. The van der Waals surface area contributed by atoms with Crippen LogP contribution in [0.3, 0.4) is 0 Å². The van der Waals surface area contributed by atoms with Gasteiger partial charge < -0.3 is 36.6 Å². The van der Waals surface area contributed by atoms with Crippen LogP contribution < -0.4 is 26.6 Å². The number of H-pyrrole nitrogens is 1. The highest BCUT2D eigenvalue weighted by molar-refractivity contribution is 5.98. The third-order valence-electron chi connectivity index (χ3n) is 9.96. The lowest BCUT2D eigenvalue weighted by atomic mass is 9.85. The molecule has 2 aliphatic heterocycles. The molecule has 7 N–H and O–H groups in total. The predicted molar refractivity (Wildman–Crippen MR) is 186 cm³/mol. The first-order valence-corrected chi connectivity index (χ1v) is 18.0. The van der Waals surface area contributed by atoms with Gasteiger partial charge in [-0.2, -0.15) is 5.10 Å². The minimum absolute atomic E-state index is 0.0229. The number of hydrogen-bond acceptors (Lipinski definition) is 8. The van der Waals surface area contributed by atoms with Crippen LogP contribution in [-0.2, 0) is 24.0 Å². The SMILES string of the molecule is CC(C)C[C@@H]1NC(=O)C[C@@H](c2ccccc2)NC(=O)[C@H](C)NC(=O)[C@@H]2C[C@H](NC(=O)c3cn[nH]c3C3CCCCC3)CN2C(=O)[C@H](CO)NC1=O. The van der Waals surface area contributed by atoms with Gasteiger partial charge in [0.15, 0.2) is 0 Å². The standard InChI is InChI=1S/C36H50N8O7/c1-20(2)14-27-34(49)42-28(19-45)36(51)44-18-24(39-33(48)25-17-37-43-31(25)23-12-8-5-9-13-23)15-29(44)35(50)38-21(3)32(47)41-26(16-30(46)40-27)22-10-6-4-7-11-22/h4,6-7,10-11,17,20-21,23-24,26-29,45H,5,8-9,12-16,18-19H2,1-3H3,(H,37,43)(H,38,50)(H,39,48)(H,40,46)(H,41,47)(H,42,49)/t21-,24-,26-,27-,28-,29-/m0/s1. The zero-order valence-corrected chi connectivity index (χ0v) is 29.4. The summed E-state index contributed by atoms with van der Waals surface area (Å²) in [6, 6.07) is 2.78. The number of amides is 6. The normalized spacial score (nSPS) is 27.3. The molecular formula is C36H50N8O7.